The summed E-state index contributed by atoms with van der Waals surface area (Å²) in [5.41, 5.74) is 8.82. The fourth-order valence-electron chi connectivity index (χ4n) is 1.90. The van der Waals surface area contributed by atoms with Gasteiger partial charge in [-0.15, -0.1) is 10.2 Å². The van der Waals surface area contributed by atoms with Gasteiger partial charge in [0.1, 0.15) is 5.01 Å². The van der Waals surface area contributed by atoms with Gasteiger partial charge in [0.2, 0.25) is 0 Å². The molecule has 0 bridgehead atoms. The van der Waals surface area contributed by atoms with Crippen LogP contribution in [0.1, 0.15) is 34.7 Å². The Morgan fingerprint density at radius 2 is 2.11 bits per heavy atom. The third kappa shape index (κ3) is 3.78. The molecule has 0 spiro atoms. The molecular weight excluding hydrogens is 274 g/mol. The first-order chi connectivity index (χ1) is 9.10. The Balaban J connectivity index is 2.25. The zero-order chi connectivity index (χ0) is 13.8. The molecule has 2 atom stereocenters. The lowest BCUT2D eigenvalue weighted by molar-refractivity contribution is 0.633. The van der Waals surface area contributed by atoms with Gasteiger partial charge in [0.25, 0.3) is 0 Å². The third-order valence-corrected chi connectivity index (χ3v) is 5.30. The van der Waals surface area contributed by atoms with Crippen molar-refractivity contribution >= 4 is 23.1 Å². The first kappa shape index (κ1) is 14.5. The van der Waals surface area contributed by atoms with E-state index >= 15 is 0 Å². The van der Waals surface area contributed by atoms with E-state index in [4.69, 9.17) is 5.73 Å². The van der Waals surface area contributed by atoms with Crippen LogP contribution in [0.25, 0.3) is 0 Å². The molecular formula is C14H19N3S2. The van der Waals surface area contributed by atoms with E-state index in [0.717, 1.165) is 15.8 Å². The van der Waals surface area contributed by atoms with Gasteiger partial charge in [0, 0.05) is 6.04 Å². The summed E-state index contributed by atoms with van der Waals surface area (Å²) in [5, 5.41) is 9.50. The lowest BCUT2D eigenvalue weighted by Gasteiger charge is -2.22. The van der Waals surface area contributed by atoms with Crippen LogP contribution in [-0.2, 0) is 0 Å². The van der Waals surface area contributed by atoms with E-state index in [9.17, 15) is 0 Å². The average molecular weight is 293 g/mol. The highest BCUT2D eigenvalue weighted by Crippen LogP contribution is 2.39. The molecule has 0 aliphatic rings. The highest BCUT2D eigenvalue weighted by molar-refractivity contribution is 8.01. The molecule has 0 amide bonds. The molecule has 2 N–H and O–H groups in total. The molecule has 1 aromatic carbocycles. The van der Waals surface area contributed by atoms with Crippen LogP contribution in [0.5, 0.6) is 0 Å². The molecule has 2 rings (SSSR count). The molecule has 5 heteroatoms. The quantitative estimate of drug-likeness (QED) is 0.854. The highest BCUT2D eigenvalue weighted by atomic mass is 32.2. The van der Waals surface area contributed by atoms with Crippen molar-refractivity contribution in [3.05, 3.63) is 40.4 Å². The molecule has 0 fully saturated rings. The van der Waals surface area contributed by atoms with Gasteiger partial charge in [-0.05, 0) is 25.8 Å². The zero-order valence-electron chi connectivity index (χ0n) is 11.5. The Bertz CT molecular complexity index is 539. The summed E-state index contributed by atoms with van der Waals surface area (Å²) in [5.74, 6) is 0. The van der Waals surface area contributed by atoms with Crippen molar-refractivity contribution in [1.82, 2.24) is 10.2 Å². The van der Waals surface area contributed by atoms with Crippen LogP contribution in [-0.4, -0.2) is 16.2 Å². The minimum atomic E-state index is 0.121. The SMILES string of the molecule is CCC(N)C(Sc1nnc(C)s1)c1cccc(C)c1. The maximum absolute atomic E-state index is 6.29. The molecule has 1 aromatic heterocycles. The van der Waals surface area contributed by atoms with Crippen molar-refractivity contribution in [3.8, 4) is 0 Å². The Morgan fingerprint density at radius 1 is 1.32 bits per heavy atom. The molecule has 0 saturated heterocycles. The molecule has 0 radical (unpaired) electrons. The van der Waals surface area contributed by atoms with Crippen LogP contribution in [0.4, 0.5) is 0 Å². The van der Waals surface area contributed by atoms with E-state index in [1.807, 2.05) is 6.92 Å². The normalized spacial score (nSPS) is 14.3. The minimum absolute atomic E-state index is 0.121. The van der Waals surface area contributed by atoms with Crippen LogP contribution >= 0.6 is 23.1 Å². The van der Waals surface area contributed by atoms with Crippen LogP contribution in [0.15, 0.2) is 28.6 Å². The molecule has 0 aliphatic heterocycles. The second kappa shape index (κ2) is 6.50. The van der Waals surface area contributed by atoms with E-state index in [0.29, 0.717) is 0 Å². The largest absolute Gasteiger partial charge is 0.326 e. The van der Waals surface area contributed by atoms with Gasteiger partial charge in [-0.2, -0.15) is 0 Å². The van der Waals surface area contributed by atoms with Gasteiger partial charge in [-0.25, -0.2) is 0 Å². The van der Waals surface area contributed by atoms with Gasteiger partial charge < -0.3 is 5.73 Å². The van der Waals surface area contributed by atoms with Crippen molar-refractivity contribution in [2.75, 3.05) is 0 Å². The molecule has 1 heterocycles. The van der Waals surface area contributed by atoms with Crippen molar-refractivity contribution in [1.29, 1.82) is 0 Å². The smallest absolute Gasteiger partial charge is 0.174 e. The van der Waals surface area contributed by atoms with Crippen molar-refractivity contribution < 1.29 is 0 Å². The maximum Gasteiger partial charge on any atom is 0.174 e. The number of aromatic nitrogens is 2. The number of hydrogen-bond acceptors (Lipinski definition) is 5. The van der Waals surface area contributed by atoms with Crippen molar-refractivity contribution in [3.63, 3.8) is 0 Å². The van der Waals surface area contributed by atoms with Gasteiger partial charge in [-0.1, -0.05) is 59.9 Å². The van der Waals surface area contributed by atoms with Crippen LogP contribution < -0.4 is 5.73 Å². The highest BCUT2D eigenvalue weighted by Gasteiger charge is 2.21. The summed E-state index contributed by atoms with van der Waals surface area (Å²) in [4.78, 5) is 0. The zero-order valence-corrected chi connectivity index (χ0v) is 13.1. The number of nitrogens with two attached hydrogens (primary N) is 1. The third-order valence-electron chi connectivity index (χ3n) is 2.97. The second-order valence-corrected chi connectivity index (χ2v) is 7.18. The number of thioether (sulfide) groups is 1. The number of nitrogens with zero attached hydrogens (tertiary/aromatic N) is 2. The molecule has 0 saturated carbocycles. The van der Waals surface area contributed by atoms with E-state index < -0.39 is 0 Å². The molecule has 0 aliphatic carbocycles. The van der Waals surface area contributed by atoms with Gasteiger partial charge in [0.05, 0.1) is 5.25 Å². The molecule has 3 nitrogen and oxygen atoms in total. The number of hydrogen-bond donors (Lipinski definition) is 1. The maximum atomic E-state index is 6.29. The monoisotopic (exact) mass is 293 g/mol. The minimum Gasteiger partial charge on any atom is -0.326 e. The fourth-order valence-corrected chi connectivity index (χ4v) is 4.13. The number of aryl methyl sites for hydroxylation is 2. The number of rotatable bonds is 5. The summed E-state index contributed by atoms with van der Waals surface area (Å²) < 4.78 is 0.993. The Morgan fingerprint density at radius 3 is 2.68 bits per heavy atom. The van der Waals surface area contributed by atoms with Crippen LogP contribution in [0.3, 0.4) is 0 Å². The summed E-state index contributed by atoms with van der Waals surface area (Å²) in [6.07, 6.45) is 0.948. The van der Waals surface area contributed by atoms with E-state index in [-0.39, 0.29) is 11.3 Å². The van der Waals surface area contributed by atoms with E-state index in [2.05, 4.69) is 48.3 Å². The van der Waals surface area contributed by atoms with E-state index in [1.165, 1.54) is 11.1 Å². The first-order valence-electron chi connectivity index (χ1n) is 6.39. The second-order valence-electron chi connectivity index (χ2n) is 4.61. The summed E-state index contributed by atoms with van der Waals surface area (Å²) >= 11 is 3.35. The Kier molecular flexibility index (Phi) is 4.96. The average Bonchev–Trinajstić information content (AvgIpc) is 2.80. The fraction of sp³-hybridized carbons (Fsp3) is 0.429. The van der Waals surface area contributed by atoms with Crippen molar-refractivity contribution in [2.24, 2.45) is 5.73 Å². The lowest BCUT2D eigenvalue weighted by Crippen LogP contribution is -2.25. The molecule has 2 aromatic rings. The Labute approximate surface area is 122 Å². The summed E-state index contributed by atoms with van der Waals surface area (Å²) in [6.45, 7) is 6.21. The standard InChI is InChI=1S/C14H19N3S2/c1-4-12(15)13(11-7-5-6-9(2)8-11)19-14-17-16-10(3)18-14/h5-8,12-13H,4,15H2,1-3H3. The van der Waals surface area contributed by atoms with E-state index in [1.54, 1.807) is 23.1 Å². The molecule has 19 heavy (non-hydrogen) atoms. The van der Waals surface area contributed by atoms with Crippen molar-refractivity contribution in [2.45, 2.75) is 42.8 Å². The topological polar surface area (TPSA) is 51.8 Å². The van der Waals surface area contributed by atoms with Crippen LogP contribution in [0.2, 0.25) is 0 Å². The molecule has 102 valence electrons. The van der Waals surface area contributed by atoms with Gasteiger partial charge in [-0.3, -0.25) is 0 Å². The Hall–Kier alpha value is -0.910. The number of benzene rings is 1. The first-order valence-corrected chi connectivity index (χ1v) is 8.08. The lowest BCUT2D eigenvalue weighted by atomic mass is 10.0. The summed E-state index contributed by atoms with van der Waals surface area (Å²) in [7, 11) is 0. The molecule has 2 unspecified atom stereocenters. The predicted octanol–water partition coefficient (Wildman–Crippen LogP) is 3.73. The van der Waals surface area contributed by atoms with Crippen LogP contribution in [0, 0.1) is 13.8 Å². The van der Waals surface area contributed by atoms with Gasteiger partial charge >= 0.3 is 0 Å². The summed E-state index contributed by atoms with van der Waals surface area (Å²) in [6, 6.07) is 8.68. The predicted molar refractivity (Wildman–Crippen MR) is 82.7 cm³/mol. The van der Waals surface area contributed by atoms with Gasteiger partial charge in [0.15, 0.2) is 4.34 Å².